The first-order valence-electron chi connectivity index (χ1n) is 8.00. The highest BCUT2D eigenvalue weighted by molar-refractivity contribution is 6.35. The lowest BCUT2D eigenvalue weighted by molar-refractivity contribution is -0.139. The van der Waals surface area contributed by atoms with E-state index >= 15 is 0 Å². The molecule has 0 bridgehead atoms. The number of rotatable bonds is 7. The highest BCUT2D eigenvalue weighted by atomic mass is 19.1. The number of benzene rings is 2. The van der Waals surface area contributed by atoms with Gasteiger partial charge in [-0.25, -0.2) is 4.39 Å². The molecule has 0 saturated carbocycles. The number of methoxy groups -OCH3 is 2. The van der Waals surface area contributed by atoms with Crippen molar-refractivity contribution in [3.8, 4) is 5.75 Å². The van der Waals surface area contributed by atoms with E-state index in [0.717, 1.165) is 5.56 Å². The maximum Gasteiger partial charge on any atom is 0.309 e. The van der Waals surface area contributed by atoms with Crippen LogP contribution >= 0.6 is 0 Å². The van der Waals surface area contributed by atoms with Crippen LogP contribution < -0.4 is 15.4 Å². The zero-order chi connectivity index (χ0) is 18.9. The van der Waals surface area contributed by atoms with Crippen LogP contribution in [0.15, 0.2) is 48.5 Å². The maximum absolute atomic E-state index is 13.3. The Labute approximate surface area is 151 Å². The van der Waals surface area contributed by atoms with Crippen LogP contribution in [0, 0.1) is 5.82 Å². The standard InChI is InChI=1S/C19H21FN2O4/c1-25-16-8-6-13(7-9-16)11-21-18(23)19(24)22-12-17(26-2)14-4-3-5-15(20)10-14/h3-10,17H,11-12H2,1-2H3,(H,21,23)(H,22,24). The molecule has 2 aromatic rings. The molecule has 0 fully saturated rings. The van der Waals surface area contributed by atoms with Gasteiger partial charge < -0.3 is 20.1 Å². The monoisotopic (exact) mass is 360 g/mol. The number of carbonyl (C=O) groups is 2. The topological polar surface area (TPSA) is 76.7 Å². The predicted molar refractivity (Wildman–Crippen MR) is 94.0 cm³/mol. The van der Waals surface area contributed by atoms with E-state index in [9.17, 15) is 14.0 Å². The molecule has 0 radical (unpaired) electrons. The first kappa shape index (κ1) is 19.4. The van der Waals surface area contributed by atoms with Gasteiger partial charge in [-0.2, -0.15) is 0 Å². The average molecular weight is 360 g/mol. The molecule has 6 nitrogen and oxygen atoms in total. The normalized spacial score (nSPS) is 11.5. The first-order chi connectivity index (χ1) is 12.5. The van der Waals surface area contributed by atoms with Gasteiger partial charge in [0.15, 0.2) is 0 Å². The zero-order valence-corrected chi connectivity index (χ0v) is 14.6. The summed E-state index contributed by atoms with van der Waals surface area (Å²) in [5, 5.41) is 5.02. The van der Waals surface area contributed by atoms with Gasteiger partial charge in [0, 0.05) is 20.2 Å². The van der Waals surface area contributed by atoms with Crippen LogP contribution in [0.2, 0.25) is 0 Å². The molecule has 0 aliphatic heterocycles. The van der Waals surface area contributed by atoms with Gasteiger partial charge in [0.05, 0.1) is 13.2 Å². The summed E-state index contributed by atoms with van der Waals surface area (Å²) in [6, 6.07) is 13.0. The number of hydrogen-bond acceptors (Lipinski definition) is 4. The lowest BCUT2D eigenvalue weighted by Crippen LogP contribution is -2.41. The van der Waals surface area contributed by atoms with Crippen molar-refractivity contribution in [1.82, 2.24) is 10.6 Å². The van der Waals surface area contributed by atoms with Gasteiger partial charge in [0.2, 0.25) is 0 Å². The summed E-state index contributed by atoms with van der Waals surface area (Å²) < 4.78 is 23.6. The highest BCUT2D eigenvalue weighted by Gasteiger charge is 2.17. The van der Waals surface area contributed by atoms with Crippen molar-refractivity contribution in [2.75, 3.05) is 20.8 Å². The Kier molecular flexibility index (Phi) is 7.11. The minimum absolute atomic E-state index is 0.0503. The van der Waals surface area contributed by atoms with Crippen LogP contribution in [0.25, 0.3) is 0 Å². The molecule has 2 N–H and O–H groups in total. The fourth-order valence-electron chi connectivity index (χ4n) is 2.32. The lowest BCUT2D eigenvalue weighted by Gasteiger charge is -2.16. The molecule has 0 saturated heterocycles. The molecule has 0 spiro atoms. The molecule has 0 aromatic heterocycles. The van der Waals surface area contributed by atoms with Gasteiger partial charge in [0.1, 0.15) is 11.6 Å². The average Bonchev–Trinajstić information content (AvgIpc) is 2.66. The molecular weight excluding hydrogens is 339 g/mol. The van der Waals surface area contributed by atoms with Crippen LogP contribution in [-0.2, 0) is 20.9 Å². The van der Waals surface area contributed by atoms with E-state index in [1.165, 1.54) is 19.2 Å². The van der Waals surface area contributed by atoms with Gasteiger partial charge in [-0.05, 0) is 35.4 Å². The number of nitrogens with one attached hydrogen (secondary N) is 2. The summed E-state index contributed by atoms with van der Waals surface area (Å²) in [4.78, 5) is 23.8. The summed E-state index contributed by atoms with van der Waals surface area (Å²) in [7, 11) is 3.02. The second-order valence-corrected chi connectivity index (χ2v) is 5.52. The summed E-state index contributed by atoms with van der Waals surface area (Å²) in [6.07, 6.45) is -0.552. The van der Waals surface area contributed by atoms with E-state index < -0.39 is 23.7 Å². The van der Waals surface area contributed by atoms with Crippen molar-refractivity contribution >= 4 is 11.8 Å². The zero-order valence-electron chi connectivity index (χ0n) is 14.6. The van der Waals surface area contributed by atoms with E-state index in [1.54, 1.807) is 43.5 Å². The SMILES string of the molecule is COc1ccc(CNC(=O)C(=O)NCC(OC)c2cccc(F)c2)cc1. The Morgan fingerprint density at radius 1 is 1.04 bits per heavy atom. The molecule has 2 aromatic carbocycles. The summed E-state index contributed by atoms with van der Waals surface area (Å²) in [5.41, 5.74) is 1.41. The fraction of sp³-hybridized carbons (Fsp3) is 0.263. The Bertz CT molecular complexity index is 749. The van der Waals surface area contributed by atoms with E-state index in [1.807, 2.05) is 0 Å². The van der Waals surface area contributed by atoms with Crippen molar-refractivity contribution in [2.24, 2.45) is 0 Å². The minimum Gasteiger partial charge on any atom is -0.497 e. The van der Waals surface area contributed by atoms with Gasteiger partial charge in [-0.3, -0.25) is 9.59 Å². The number of hydrogen-bond donors (Lipinski definition) is 2. The van der Waals surface area contributed by atoms with Crippen molar-refractivity contribution in [3.63, 3.8) is 0 Å². The quantitative estimate of drug-likeness (QED) is 0.740. The van der Waals surface area contributed by atoms with Gasteiger partial charge in [-0.1, -0.05) is 24.3 Å². The molecule has 2 amide bonds. The first-order valence-corrected chi connectivity index (χ1v) is 8.00. The molecule has 26 heavy (non-hydrogen) atoms. The van der Waals surface area contributed by atoms with Gasteiger partial charge in [0.25, 0.3) is 0 Å². The Hall–Kier alpha value is -2.93. The van der Waals surface area contributed by atoms with Crippen molar-refractivity contribution in [1.29, 1.82) is 0 Å². The molecule has 0 aliphatic rings. The molecule has 0 heterocycles. The molecule has 0 aliphatic carbocycles. The fourth-order valence-corrected chi connectivity index (χ4v) is 2.32. The van der Waals surface area contributed by atoms with E-state index in [4.69, 9.17) is 9.47 Å². The molecule has 138 valence electrons. The third-order valence-corrected chi connectivity index (χ3v) is 3.77. The van der Waals surface area contributed by atoms with E-state index in [-0.39, 0.29) is 13.1 Å². The number of carbonyl (C=O) groups excluding carboxylic acids is 2. The predicted octanol–water partition coefficient (Wildman–Crippen LogP) is 1.95. The number of ether oxygens (including phenoxy) is 2. The summed E-state index contributed by atoms with van der Waals surface area (Å²) >= 11 is 0. The van der Waals surface area contributed by atoms with Gasteiger partial charge in [-0.15, -0.1) is 0 Å². The number of amides is 2. The minimum atomic E-state index is -0.781. The van der Waals surface area contributed by atoms with Crippen LogP contribution in [-0.4, -0.2) is 32.6 Å². The van der Waals surface area contributed by atoms with Crippen molar-refractivity contribution in [2.45, 2.75) is 12.6 Å². The van der Waals surface area contributed by atoms with Gasteiger partial charge >= 0.3 is 11.8 Å². The Balaban J connectivity index is 1.82. The number of halogens is 1. The maximum atomic E-state index is 13.3. The molecule has 1 atom stereocenters. The molecule has 1 unspecified atom stereocenters. The van der Waals surface area contributed by atoms with Crippen LogP contribution in [0.3, 0.4) is 0 Å². The summed E-state index contributed by atoms with van der Waals surface area (Å²) in [5.74, 6) is -1.22. The van der Waals surface area contributed by atoms with E-state index in [2.05, 4.69) is 10.6 Å². The van der Waals surface area contributed by atoms with Crippen LogP contribution in [0.4, 0.5) is 4.39 Å². The third-order valence-electron chi connectivity index (χ3n) is 3.77. The molecular formula is C19H21FN2O4. The van der Waals surface area contributed by atoms with E-state index in [0.29, 0.717) is 11.3 Å². The summed E-state index contributed by atoms with van der Waals surface area (Å²) in [6.45, 7) is 0.266. The Morgan fingerprint density at radius 2 is 1.73 bits per heavy atom. The van der Waals surface area contributed by atoms with Crippen molar-refractivity contribution < 1.29 is 23.5 Å². The highest BCUT2D eigenvalue weighted by Crippen LogP contribution is 2.16. The second kappa shape index (κ2) is 9.53. The van der Waals surface area contributed by atoms with Crippen molar-refractivity contribution in [3.05, 3.63) is 65.5 Å². The molecule has 2 rings (SSSR count). The second-order valence-electron chi connectivity index (χ2n) is 5.52. The van der Waals surface area contributed by atoms with Crippen LogP contribution in [0.5, 0.6) is 5.75 Å². The lowest BCUT2D eigenvalue weighted by atomic mass is 10.1. The largest absolute Gasteiger partial charge is 0.497 e. The third kappa shape index (κ3) is 5.56. The van der Waals surface area contributed by atoms with Crippen LogP contribution in [0.1, 0.15) is 17.2 Å². The Morgan fingerprint density at radius 3 is 2.35 bits per heavy atom. The molecule has 7 heteroatoms. The smallest absolute Gasteiger partial charge is 0.309 e.